The first-order chi connectivity index (χ1) is 8.74. The zero-order valence-electron chi connectivity index (χ0n) is 10.6. The number of carboxylic acids is 1. The maximum Gasteiger partial charge on any atom is 0.303 e. The van der Waals surface area contributed by atoms with Crippen LogP contribution in [0.5, 0.6) is 0 Å². The van der Waals surface area contributed by atoms with Crippen LogP contribution in [0, 0.1) is 5.92 Å². The Balaban J connectivity index is 1.72. The van der Waals surface area contributed by atoms with Gasteiger partial charge in [0.25, 0.3) is 0 Å². The smallest absolute Gasteiger partial charge is 0.303 e. The number of carbonyl (C=O) groups is 1. The maximum atomic E-state index is 10.5. The first kappa shape index (κ1) is 13.0. The molecule has 0 bridgehead atoms. The highest BCUT2D eigenvalue weighted by molar-refractivity contribution is 5.66. The fourth-order valence-electron chi connectivity index (χ4n) is 2.51. The Labute approximate surface area is 108 Å². The number of aromatic nitrogens is 1. The van der Waals surface area contributed by atoms with E-state index in [0.29, 0.717) is 12.3 Å². The standard InChI is InChI=1S/C14H20N2O2/c17-14(18)4-3-12-5-8-16(9-6-12)11-13-2-1-7-15-10-13/h1-2,7,10,12H,3-6,8-9,11H2,(H,17,18). The summed E-state index contributed by atoms with van der Waals surface area (Å²) in [4.78, 5) is 17.1. The first-order valence-corrected chi connectivity index (χ1v) is 6.57. The highest BCUT2D eigenvalue weighted by Crippen LogP contribution is 2.22. The van der Waals surface area contributed by atoms with E-state index in [1.54, 1.807) is 6.20 Å². The molecule has 0 aromatic carbocycles. The summed E-state index contributed by atoms with van der Waals surface area (Å²) in [6.07, 6.45) is 7.09. The third-order valence-electron chi connectivity index (χ3n) is 3.60. The molecule has 0 unspecified atom stereocenters. The van der Waals surface area contributed by atoms with E-state index >= 15 is 0 Å². The molecule has 2 heterocycles. The van der Waals surface area contributed by atoms with Gasteiger partial charge < -0.3 is 5.11 Å². The number of piperidine rings is 1. The molecule has 1 aliphatic rings. The second-order valence-electron chi connectivity index (χ2n) is 5.01. The zero-order valence-corrected chi connectivity index (χ0v) is 10.6. The number of carboxylic acid groups (broad SMARTS) is 1. The summed E-state index contributed by atoms with van der Waals surface area (Å²) in [7, 11) is 0. The summed E-state index contributed by atoms with van der Waals surface area (Å²) < 4.78 is 0. The van der Waals surface area contributed by atoms with Gasteiger partial charge in [0.05, 0.1) is 0 Å². The van der Waals surface area contributed by atoms with Crippen LogP contribution in [0.15, 0.2) is 24.5 Å². The van der Waals surface area contributed by atoms with E-state index in [1.165, 1.54) is 5.56 Å². The van der Waals surface area contributed by atoms with Gasteiger partial charge in [-0.3, -0.25) is 14.7 Å². The van der Waals surface area contributed by atoms with Gasteiger partial charge in [-0.2, -0.15) is 0 Å². The highest BCUT2D eigenvalue weighted by atomic mass is 16.4. The SMILES string of the molecule is O=C(O)CCC1CCN(Cc2cccnc2)CC1. The maximum absolute atomic E-state index is 10.5. The molecule has 1 aromatic rings. The van der Waals surface area contributed by atoms with E-state index in [9.17, 15) is 4.79 Å². The van der Waals surface area contributed by atoms with E-state index in [0.717, 1.165) is 38.9 Å². The lowest BCUT2D eigenvalue weighted by atomic mass is 9.92. The van der Waals surface area contributed by atoms with E-state index in [-0.39, 0.29) is 0 Å². The Morgan fingerprint density at radius 1 is 1.44 bits per heavy atom. The number of aliphatic carboxylic acids is 1. The van der Waals surface area contributed by atoms with Crippen molar-refractivity contribution in [1.82, 2.24) is 9.88 Å². The van der Waals surface area contributed by atoms with Crippen LogP contribution in [-0.2, 0) is 11.3 Å². The summed E-state index contributed by atoms with van der Waals surface area (Å²) in [5.41, 5.74) is 1.25. The minimum atomic E-state index is -0.673. The Bertz CT molecular complexity index is 373. The molecule has 2 rings (SSSR count). The molecular weight excluding hydrogens is 228 g/mol. The fraction of sp³-hybridized carbons (Fsp3) is 0.571. The summed E-state index contributed by atoms with van der Waals surface area (Å²) >= 11 is 0. The Kier molecular flexibility index (Phi) is 4.70. The third kappa shape index (κ3) is 4.11. The predicted molar refractivity (Wildman–Crippen MR) is 69.1 cm³/mol. The van der Waals surface area contributed by atoms with Crippen LogP contribution in [0.25, 0.3) is 0 Å². The Morgan fingerprint density at radius 2 is 2.22 bits per heavy atom. The number of rotatable bonds is 5. The van der Waals surface area contributed by atoms with Crippen LogP contribution in [-0.4, -0.2) is 34.0 Å². The van der Waals surface area contributed by atoms with Crippen molar-refractivity contribution in [2.24, 2.45) is 5.92 Å². The molecular formula is C14H20N2O2. The van der Waals surface area contributed by atoms with Gasteiger partial charge in [0.2, 0.25) is 0 Å². The molecule has 0 amide bonds. The predicted octanol–water partition coefficient (Wildman–Crippen LogP) is 2.16. The average Bonchev–Trinajstić information content (AvgIpc) is 2.39. The zero-order chi connectivity index (χ0) is 12.8. The Hall–Kier alpha value is -1.42. The van der Waals surface area contributed by atoms with Crippen molar-refractivity contribution in [1.29, 1.82) is 0 Å². The topological polar surface area (TPSA) is 53.4 Å². The van der Waals surface area contributed by atoms with E-state index < -0.39 is 5.97 Å². The van der Waals surface area contributed by atoms with Crippen molar-refractivity contribution in [3.05, 3.63) is 30.1 Å². The van der Waals surface area contributed by atoms with Gasteiger partial charge in [-0.1, -0.05) is 6.07 Å². The lowest BCUT2D eigenvalue weighted by Crippen LogP contribution is -2.33. The molecule has 1 saturated heterocycles. The quantitative estimate of drug-likeness (QED) is 0.867. The van der Waals surface area contributed by atoms with Gasteiger partial charge in [-0.15, -0.1) is 0 Å². The molecule has 18 heavy (non-hydrogen) atoms. The molecule has 0 atom stereocenters. The van der Waals surface area contributed by atoms with E-state index in [1.807, 2.05) is 12.3 Å². The second kappa shape index (κ2) is 6.50. The molecule has 4 heteroatoms. The minimum Gasteiger partial charge on any atom is -0.481 e. The summed E-state index contributed by atoms with van der Waals surface area (Å²) in [5, 5.41) is 8.67. The van der Waals surface area contributed by atoms with E-state index in [4.69, 9.17) is 5.11 Å². The molecule has 0 radical (unpaired) electrons. The Morgan fingerprint density at radius 3 is 2.83 bits per heavy atom. The van der Waals surface area contributed by atoms with Crippen LogP contribution in [0.4, 0.5) is 0 Å². The molecule has 1 fully saturated rings. The van der Waals surface area contributed by atoms with Crippen molar-refractivity contribution < 1.29 is 9.90 Å². The molecule has 1 aliphatic heterocycles. The molecule has 98 valence electrons. The van der Waals surface area contributed by atoms with Crippen LogP contribution in [0.1, 0.15) is 31.2 Å². The molecule has 1 N–H and O–H groups in total. The van der Waals surface area contributed by atoms with Crippen LogP contribution in [0.3, 0.4) is 0 Å². The van der Waals surface area contributed by atoms with Gasteiger partial charge in [0.1, 0.15) is 0 Å². The highest BCUT2D eigenvalue weighted by Gasteiger charge is 2.19. The van der Waals surface area contributed by atoms with Gasteiger partial charge in [-0.05, 0) is 49.9 Å². The number of nitrogens with zero attached hydrogens (tertiary/aromatic N) is 2. The molecule has 0 spiro atoms. The number of likely N-dealkylation sites (tertiary alicyclic amines) is 1. The summed E-state index contributed by atoms with van der Waals surface area (Å²) in [6.45, 7) is 3.10. The lowest BCUT2D eigenvalue weighted by molar-refractivity contribution is -0.137. The number of pyridine rings is 1. The fourth-order valence-corrected chi connectivity index (χ4v) is 2.51. The van der Waals surface area contributed by atoms with Crippen molar-refractivity contribution >= 4 is 5.97 Å². The van der Waals surface area contributed by atoms with Crippen LogP contribution >= 0.6 is 0 Å². The van der Waals surface area contributed by atoms with Gasteiger partial charge in [0.15, 0.2) is 0 Å². The first-order valence-electron chi connectivity index (χ1n) is 6.57. The lowest BCUT2D eigenvalue weighted by Gasteiger charge is -2.31. The van der Waals surface area contributed by atoms with E-state index in [2.05, 4.69) is 16.0 Å². The van der Waals surface area contributed by atoms with Gasteiger partial charge in [-0.25, -0.2) is 0 Å². The third-order valence-corrected chi connectivity index (χ3v) is 3.60. The molecule has 0 saturated carbocycles. The van der Waals surface area contributed by atoms with Crippen molar-refractivity contribution in [3.8, 4) is 0 Å². The second-order valence-corrected chi connectivity index (χ2v) is 5.01. The molecule has 4 nitrogen and oxygen atoms in total. The average molecular weight is 248 g/mol. The minimum absolute atomic E-state index is 0.313. The monoisotopic (exact) mass is 248 g/mol. The number of hydrogen-bond acceptors (Lipinski definition) is 3. The summed E-state index contributed by atoms with van der Waals surface area (Å²) in [6, 6.07) is 4.07. The van der Waals surface area contributed by atoms with Crippen LogP contribution in [0.2, 0.25) is 0 Å². The summed E-state index contributed by atoms with van der Waals surface area (Å²) in [5.74, 6) is -0.0842. The normalized spacial score (nSPS) is 17.8. The van der Waals surface area contributed by atoms with Crippen molar-refractivity contribution in [2.45, 2.75) is 32.2 Å². The van der Waals surface area contributed by atoms with Gasteiger partial charge in [0, 0.05) is 25.4 Å². The molecule has 1 aromatic heterocycles. The van der Waals surface area contributed by atoms with Crippen molar-refractivity contribution in [2.75, 3.05) is 13.1 Å². The van der Waals surface area contributed by atoms with Crippen molar-refractivity contribution in [3.63, 3.8) is 0 Å². The number of hydrogen-bond donors (Lipinski definition) is 1. The largest absolute Gasteiger partial charge is 0.481 e. The van der Waals surface area contributed by atoms with Crippen LogP contribution < -0.4 is 0 Å². The van der Waals surface area contributed by atoms with Gasteiger partial charge >= 0.3 is 5.97 Å². The molecule has 0 aliphatic carbocycles.